The van der Waals surface area contributed by atoms with E-state index in [0.29, 0.717) is 38.4 Å². The van der Waals surface area contributed by atoms with E-state index < -0.39 is 0 Å². The van der Waals surface area contributed by atoms with E-state index in [2.05, 4.69) is 21.8 Å². The molecule has 0 amide bonds. The Morgan fingerprint density at radius 1 is 1.04 bits per heavy atom. The normalized spacial score (nSPS) is 16.8. The molecule has 0 aliphatic heterocycles. The van der Waals surface area contributed by atoms with Gasteiger partial charge in [-0.05, 0) is 56.1 Å². The molecular weight excluding hydrogens is 405 g/mol. The van der Waals surface area contributed by atoms with Gasteiger partial charge in [0.15, 0.2) is 5.82 Å². The number of hydrogen-bond donors (Lipinski definition) is 1. The first-order valence-corrected chi connectivity index (χ1v) is 10.5. The minimum absolute atomic E-state index is 0.170. The molecule has 1 aromatic carbocycles. The molecule has 5 nitrogen and oxygen atoms in total. The summed E-state index contributed by atoms with van der Waals surface area (Å²) in [4.78, 5) is 15.8. The van der Waals surface area contributed by atoms with Crippen molar-refractivity contribution in [3.63, 3.8) is 0 Å². The molecule has 0 radical (unpaired) electrons. The molecule has 0 saturated heterocycles. The third kappa shape index (κ3) is 4.10. The third-order valence-corrected chi connectivity index (χ3v) is 5.98. The van der Waals surface area contributed by atoms with E-state index in [9.17, 15) is 0 Å². The summed E-state index contributed by atoms with van der Waals surface area (Å²) in [6.45, 7) is 3.06. The Balaban J connectivity index is 1.77. The molecule has 1 heterocycles. The van der Waals surface area contributed by atoms with Crippen LogP contribution in [0.5, 0.6) is 0 Å². The fourth-order valence-corrected chi connectivity index (χ4v) is 4.76. The predicted octanol–water partition coefficient (Wildman–Crippen LogP) is 5.49. The van der Waals surface area contributed by atoms with Crippen LogP contribution in [0.4, 0.5) is 11.9 Å². The Bertz CT molecular complexity index is 816. The lowest BCUT2D eigenvalue weighted by Crippen LogP contribution is -2.40. The van der Waals surface area contributed by atoms with Crippen molar-refractivity contribution in [2.75, 3.05) is 17.2 Å². The standard InChI is InChI=1S/C19H22Cl3N5/c1-2-7-27(16(10-3-4-10)11-5-6-11)19-25-17(24-18(23)26-19)15-13(21)8-12(20)9-14(15)22/h8-11,16H,2-7H2,1H3,(H2,23,24,25,26). The number of halogens is 3. The summed E-state index contributed by atoms with van der Waals surface area (Å²) in [6.07, 6.45) is 6.14. The van der Waals surface area contributed by atoms with Crippen molar-refractivity contribution in [3.05, 3.63) is 27.2 Å². The Hall–Kier alpha value is -1.30. The SMILES string of the molecule is CCCN(c1nc(N)nc(-c2c(Cl)cc(Cl)cc2Cl)n1)C(C1CC1)C1CC1. The van der Waals surface area contributed by atoms with Gasteiger partial charge in [0.1, 0.15) is 0 Å². The first-order valence-electron chi connectivity index (χ1n) is 9.41. The van der Waals surface area contributed by atoms with Gasteiger partial charge in [-0.1, -0.05) is 41.7 Å². The number of anilines is 2. The fourth-order valence-electron chi connectivity index (χ4n) is 3.77. The Morgan fingerprint density at radius 2 is 1.63 bits per heavy atom. The number of nitrogens with two attached hydrogens (primary N) is 1. The van der Waals surface area contributed by atoms with E-state index in [1.54, 1.807) is 12.1 Å². The van der Waals surface area contributed by atoms with Gasteiger partial charge in [-0.25, -0.2) is 0 Å². The predicted molar refractivity (Wildman–Crippen MR) is 112 cm³/mol. The summed E-state index contributed by atoms with van der Waals surface area (Å²) in [6, 6.07) is 3.74. The average Bonchev–Trinajstić information content (AvgIpc) is 3.48. The van der Waals surface area contributed by atoms with Crippen molar-refractivity contribution in [3.8, 4) is 11.4 Å². The minimum Gasteiger partial charge on any atom is -0.368 e. The van der Waals surface area contributed by atoms with Gasteiger partial charge in [0, 0.05) is 17.6 Å². The lowest BCUT2D eigenvalue weighted by Gasteiger charge is -2.32. The molecule has 4 rings (SSSR count). The molecule has 1 aromatic heterocycles. The van der Waals surface area contributed by atoms with E-state index in [0.717, 1.165) is 24.8 Å². The van der Waals surface area contributed by atoms with Gasteiger partial charge in [-0.15, -0.1) is 0 Å². The summed E-state index contributed by atoms with van der Waals surface area (Å²) in [5.74, 6) is 2.63. The van der Waals surface area contributed by atoms with E-state index in [-0.39, 0.29) is 5.95 Å². The molecule has 2 aromatic rings. The Morgan fingerprint density at radius 3 is 2.15 bits per heavy atom. The summed E-state index contributed by atoms with van der Waals surface area (Å²) < 4.78 is 0. The van der Waals surface area contributed by atoms with Crippen LogP contribution >= 0.6 is 34.8 Å². The van der Waals surface area contributed by atoms with Crippen molar-refractivity contribution < 1.29 is 0 Å². The molecule has 0 atom stereocenters. The van der Waals surface area contributed by atoms with Crippen molar-refractivity contribution in [2.24, 2.45) is 11.8 Å². The zero-order valence-electron chi connectivity index (χ0n) is 15.1. The highest BCUT2D eigenvalue weighted by Gasteiger charge is 2.45. The lowest BCUT2D eigenvalue weighted by molar-refractivity contribution is 0.469. The molecule has 0 spiro atoms. The molecular formula is C19H22Cl3N5. The van der Waals surface area contributed by atoms with Crippen LogP contribution in [0.1, 0.15) is 39.0 Å². The Labute approximate surface area is 174 Å². The van der Waals surface area contributed by atoms with Crippen LogP contribution in [0.2, 0.25) is 15.1 Å². The van der Waals surface area contributed by atoms with Gasteiger partial charge in [-0.3, -0.25) is 0 Å². The molecule has 8 heteroatoms. The van der Waals surface area contributed by atoms with Crippen LogP contribution in [0.15, 0.2) is 12.1 Å². The molecule has 2 aliphatic carbocycles. The first kappa shape index (κ1) is 19.0. The molecule has 0 unspecified atom stereocenters. The maximum absolute atomic E-state index is 6.37. The maximum Gasteiger partial charge on any atom is 0.230 e. The number of nitrogen functional groups attached to an aromatic ring is 1. The van der Waals surface area contributed by atoms with Crippen molar-refractivity contribution in [1.82, 2.24) is 15.0 Å². The van der Waals surface area contributed by atoms with Crippen LogP contribution < -0.4 is 10.6 Å². The van der Waals surface area contributed by atoms with Gasteiger partial charge >= 0.3 is 0 Å². The van der Waals surface area contributed by atoms with Gasteiger partial charge in [0.05, 0.1) is 15.6 Å². The van der Waals surface area contributed by atoms with E-state index >= 15 is 0 Å². The monoisotopic (exact) mass is 425 g/mol. The number of aromatic nitrogens is 3. The molecule has 2 saturated carbocycles. The second-order valence-corrected chi connectivity index (χ2v) is 8.67. The minimum atomic E-state index is 0.170. The molecule has 2 N–H and O–H groups in total. The summed E-state index contributed by atoms with van der Waals surface area (Å²) in [5.41, 5.74) is 6.57. The zero-order valence-corrected chi connectivity index (χ0v) is 17.4. The highest BCUT2D eigenvalue weighted by atomic mass is 35.5. The number of rotatable bonds is 7. The van der Waals surface area contributed by atoms with E-state index in [4.69, 9.17) is 45.5 Å². The second-order valence-electron chi connectivity index (χ2n) is 7.42. The summed E-state index contributed by atoms with van der Waals surface area (Å²) in [5, 5.41) is 1.25. The van der Waals surface area contributed by atoms with Crippen LogP contribution in [0.25, 0.3) is 11.4 Å². The van der Waals surface area contributed by atoms with E-state index in [1.807, 2.05) is 0 Å². The van der Waals surface area contributed by atoms with Crippen LogP contribution in [0.3, 0.4) is 0 Å². The van der Waals surface area contributed by atoms with Gasteiger partial charge in [-0.2, -0.15) is 15.0 Å². The highest BCUT2D eigenvalue weighted by molar-refractivity contribution is 6.41. The smallest absolute Gasteiger partial charge is 0.230 e. The van der Waals surface area contributed by atoms with Crippen LogP contribution in [-0.4, -0.2) is 27.5 Å². The lowest BCUT2D eigenvalue weighted by atomic mass is 10.1. The van der Waals surface area contributed by atoms with Crippen molar-refractivity contribution in [1.29, 1.82) is 0 Å². The topological polar surface area (TPSA) is 67.9 Å². The third-order valence-electron chi connectivity index (χ3n) is 5.16. The van der Waals surface area contributed by atoms with Crippen molar-refractivity contribution in [2.45, 2.75) is 45.1 Å². The highest BCUT2D eigenvalue weighted by Crippen LogP contribution is 2.48. The quantitative estimate of drug-likeness (QED) is 0.634. The summed E-state index contributed by atoms with van der Waals surface area (Å²) in [7, 11) is 0. The average molecular weight is 427 g/mol. The molecule has 2 fully saturated rings. The van der Waals surface area contributed by atoms with Crippen LogP contribution in [0, 0.1) is 11.8 Å². The molecule has 2 aliphatic rings. The molecule has 0 bridgehead atoms. The second kappa shape index (κ2) is 7.61. The number of hydrogen-bond acceptors (Lipinski definition) is 5. The Kier molecular flexibility index (Phi) is 5.36. The van der Waals surface area contributed by atoms with E-state index in [1.165, 1.54) is 25.7 Å². The first-order chi connectivity index (χ1) is 13.0. The van der Waals surface area contributed by atoms with Gasteiger partial charge in [0.25, 0.3) is 0 Å². The van der Waals surface area contributed by atoms with Crippen molar-refractivity contribution >= 4 is 46.7 Å². The fraction of sp³-hybridized carbons (Fsp3) is 0.526. The molecule has 27 heavy (non-hydrogen) atoms. The number of benzene rings is 1. The zero-order chi connectivity index (χ0) is 19.1. The number of nitrogens with zero attached hydrogens (tertiary/aromatic N) is 4. The maximum atomic E-state index is 6.37. The largest absolute Gasteiger partial charge is 0.368 e. The molecule has 144 valence electrons. The van der Waals surface area contributed by atoms with Gasteiger partial charge < -0.3 is 10.6 Å². The summed E-state index contributed by atoms with van der Waals surface area (Å²) >= 11 is 18.8. The van der Waals surface area contributed by atoms with Crippen LogP contribution in [-0.2, 0) is 0 Å². The van der Waals surface area contributed by atoms with Gasteiger partial charge in [0.2, 0.25) is 11.9 Å².